The van der Waals surface area contributed by atoms with Crippen molar-refractivity contribution < 1.29 is 24.1 Å². The number of benzene rings is 3. The number of amides is 1. The Labute approximate surface area is 217 Å². The Morgan fingerprint density at radius 1 is 1.08 bits per heavy atom. The van der Waals surface area contributed by atoms with Gasteiger partial charge in [0.2, 0.25) is 5.90 Å². The number of methoxy groups -OCH3 is 1. The molecule has 0 saturated heterocycles. The van der Waals surface area contributed by atoms with Crippen LogP contribution in [0, 0.1) is 0 Å². The fourth-order valence-electron chi connectivity index (χ4n) is 4.24. The van der Waals surface area contributed by atoms with Crippen molar-refractivity contribution in [3.05, 3.63) is 108 Å². The fourth-order valence-corrected chi connectivity index (χ4v) is 4.24. The Balaban J connectivity index is 1.62. The Morgan fingerprint density at radius 2 is 1.78 bits per heavy atom. The van der Waals surface area contributed by atoms with Gasteiger partial charge in [-0.05, 0) is 47.5 Å². The zero-order valence-corrected chi connectivity index (χ0v) is 20.9. The zero-order valence-electron chi connectivity index (χ0n) is 20.9. The lowest BCUT2D eigenvalue weighted by atomic mass is 9.84. The van der Waals surface area contributed by atoms with Gasteiger partial charge in [0.05, 0.1) is 13.7 Å². The maximum Gasteiger partial charge on any atom is 0.252 e. The SMILES string of the molecule is C=CC[C@@]1(C(=O)NCc2ccc(OC)cc2)N=C(c2ccc(OCCCO)cc2)O[C@@H]1c1ccccc1. The first kappa shape index (κ1) is 26.0. The van der Waals surface area contributed by atoms with E-state index >= 15 is 0 Å². The van der Waals surface area contributed by atoms with Crippen LogP contribution in [0.25, 0.3) is 0 Å². The highest BCUT2D eigenvalue weighted by molar-refractivity contribution is 6.01. The van der Waals surface area contributed by atoms with Crippen LogP contribution in [0.1, 0.15) is 35.6 Å². The molecule has 0 aliphatic carbocycles. The number of rotatable bonds is 12. The Hall–Kier alpha value is -4.10. The van der Waals surface area contributed by atoms with Gasteiger partial charge in [0.25, 0.3) is 5.91 Å². The maximum atomic E-state index is 13.8. The summed E-state index contributed by atoms with van der Waals surface area (Å²) in [5.41, 5.74) is 1.32. The molecule has 1 aliphatic rings. The van der Waals surface area contributed by atoms with Crippen LogP contribution in [0.3, 0.4) is 0 Å². The van der Waals surface area contributed by atoms with Gasteiger partial charge in [0.15, 0.2) is 11.6 Å². The lowest BCUT2D eigenvalue weighted by Crippen LogP contribution is -2.47. The predicted octanol–water partition coefficient (Wildman–Crippen LogP) is 4.61. The fraction of sp³-hybridized carbons (Fsp3) is 0.267. The summed E-state index contributed by atoms with van der Waals surface area (Å²) in [6.45, 7) is 4.76. The zero-order chi connectivity index (χ0) is 26.1. The molecule has 0 unspecified atom stereocenters. The van der Waals surface area contributed by atoms with Gasteiger partial charge in [-0.2, -0.15) is 0 Å². The first-order valence-electron chi connectivity index (χ1n) is 12.3. The van der Waals surface area contributed by atoms with Crippen molar-refractivity contribution in [3.8, 4) is 11.5 Å². The monoisotopic (exact) mass is 500 g/mol. The van der Waals surface area contributed by atoms with E-state index in [2.05, 4.69) is 11.9 Å². The van der Waals surface area contributed by atoms with Gasteiger partial charge in [-0.25, -0.2) is 4.99 Å². The van der Waals surface area contributed by atoms with Gasteiger partial charge in [-0.1, -0.05) is 48.5 Å². The molecule has 0 aromatic heterocycles. The summed E-state index contributed by atoms with van der Waals surface area (Å²) >= 11 is 0. The van der Waals surface area contributed by atoms with Gasteiger partial charge in [0, 0.05) is 31.6 Å². The number of aliphatic imine (C=N–C) groups is 1. The van der Waals surface area contributed by atoms with E-state index in [1.165, 1.54) is 0 Å². The van der Waals surface area contributed by atoms with Crippen LogP contribution in [-0.2, 0) is 16.1 Å². The highest BCUT2D eigenvalue weighted by atomic mass is 16.5. The van der Waals surface area contributed by atoms with Crippen molar-refractivity contribution >= 4 is 11.8 Å². The van der Waals surface area contributed by atoms with Crippen molar-refractivity contribution in [2.24, 2.45) is 4.99 Å². The summed E-state index contributed by atoms with van der Waals surface area (Å²) in [6, 6.07) is 24.6. The summed E-state index contributed by atoms with van der Waals surface area (Å²) in [5.74, 6) is 1.59. The van der Waals surface area contributed by atoms with E-state index in [4.69, 9.17) is 24.3 Å². The minimum Gasteiger partial charge on any atom is -0.497 e. The Bertz CT molecular complexity index is 1210. The van der Waals surface area contributed by atoms with E-state index in [-0.39, 0.29) is 12.5 Å². The Kier molecular flexibility index (Phi) is 8.59. The van der Waals surface area contributed by atoms with Crippen LogP contribution in [-0.4, -0.2) is 42.8 Å². The molecule has 1 heterocycles. The minimum atomic E-state index is -1.22. The number of aliphatic hydroxyl groups excluding tert-OH is 1. The van der Waals surface area contributed by atoms with Crippen molar-refractivity contribution in [2.75, 3.05) is 20.3 Å². The van der Waals surface area contributed by atoms with Crippen molar-refractivity contribution in [3.63, 3.8) is 0 Å². The molecule has 0 fully saturated rings. The Morgan fingerprint density at radius 3 is 2.43 bits per heavy atom. The molecule has 1 amide bonds. The number of carbonyl (C=O) groups excluding carboxylic acids is 1. The van der Waals surface area contributed by atoms with Crippen LogP contribution in [0.5, 0.6) is 11.5 Å². The van der Waals surface area contributed by atoms with Gasteiger partial charge >= 0.3 is 0 Å². The number of hydrogen-bond acceptors (Lipinski definition) is 6. The van der Waals surface area contributed by atoms with Gasteiger partial charge in [-0.15, -0.1) is 6.58 Å². The molecule has 0 spiro atoms. The number of nitrogens with one attached hydrogen (secondary N) is 1. The van der Waals surface area contributed by atoms with Crippen LogP contribution in [0.15, 0.2) is 96.5 Å². The minimum absolute atomic E-state index is 0.0789. The topological polar surface area (TPSA) is 89.4 Å². The smallest absolute Gasteiger partial charge is 0.252 e. The molecular formula is C30H32N2O5. The lowest BCUT2D eigenvalue weighted by Gasteiger charge is -2.29. The van der Waals surface area contributed by atoms with Crippen LogP contribution in [0.4, 0.5) is 0 Å². The highest BCUT2D eigenvalue weighted by Gasteiger charge is 2.52. The summed E-state index contributed by atoms with van der Waals surface area (Å²) in [7, 11) is 1.62. The number of nitrogens with zero attached hydrogens (tertiary/aromatic N) is 1. The third-order valence-corrected chi connectivity index (χ3v) is 6.20. The molecule has 7 nitrogen and oxygen atoms in total. The van der Waals surface area contributed by atoms with Crippen LogP contribution < -0.4 is 14.8 Å². The summed E-state index contributed by atoms with van der Waals surface area (Å²) in [5, 5.41) is 12.0. The van der Waals surface area contributed by atoms with E-state index in [1.807, 2.05) is 78.9 Å². The summed E-state index contributed by atoms with van der Waals surface area (Å²) in [6.07, 6.45) is 1.94. The molecule has 4 rings (SSSR count). The quantitative estimate of drug-likeness (QED) is 0.280. The standard InChI is InChI=1S/C30H32N2O5/c1-3-18-30(29(34)31-21-22-10-14-25(35-2)15-11-22)27(23-8-5-4-6-9-23)37-28(32-30)24-12-16-26(17-13-24)36-20-7-19-33/h3-6,8-17,27,33H,1,7,18-21H2,2H3,(H,31,34)/t27-,30-/m1/s1. The molecule has 2 N–H and O–H groups in total. The second-order valence-electron chi connectivity index (χ2n) is 8.72. The number of ether oxygens (including phenoxy) is 3. The molecule has 3 aromatic carbocycles. The second kappa shape index (κ2) is 12.2. The average Bonchev–Trinajstić information content (AvgIpc) is 3.34. The molecule has 0 bridgehead atoms. The average molecular weight is 501 g/mol. The summed E-state index contributed by atoms with van der Waals surface area (Å²) in [4.78, 5) is 18.7. The van der Waals surface area contributed by atoms with E-state index < -0.39 is 11.6 Å². The summed E-state index contributed by atoms with van der Waals surface area (Å²) < 4.78 is 17.3. The molecule has 0 radical (unpaired) electrons. The number of hydrogen-bond donors (Lipinski definition) is 2. The second-order valence-corrected chi connectivity index (χ2v) is 8.72. The third kappa shape index (κ3) is 6.01. The van der Waals surface area contributed by atoms with Crippen molar-refractivity contribution in [2.45, 2.75) is 31.0 Å². The molecule has 1 aliphatic heterocycles. The van der Waals surface area contributed by atoms with E-state index in [9.17, 15) is 4.79 Å². The first-order chi connectivity index (χ1) is 18.1. The van der Waals surface area contributed by atoms with Gasteiger partial charge in [0.1, 0.15) is 11.5 Å². The molecule has 2 atom stereocenters. The molecule has 192 valence electrons. The van der Waals surface area contributed by atoms with Gasteiger partial charge < -0.3 is 24.6 Å². The normalized spacial score (nSPS) is 18.4. The first-order valence-corrected chi connectivity index (χ1v) is 12.3. The predicted molar refractivity (Wildman–Crippen MR) is 143 cm³/mol. The number of aliphatic hydroxyl groups is 1. The molecule has 3 aromatic rings. The van der Waals surface area contributed by atoms with Crippen LogP contribution >= 0.6 is 0 Å². The van der Waals surface area contributed by atoms with Gasteiger partial charge in [-0.3, -0.25) is 4.79 Å². The largest absolute Gasteiger partial charge is 0.497 e. The third-order valence-electron chi connectivity index (χ3n) is 6.20. The molecule has 37 heavy (non-hydrogen) atoms. The molecule has 0 saturated carbocycles. The van der Waals surface area contributed by atoms with E-state index in [0.717, 1.165) is 22.4 Å². The molecular weight excluding hydrogens is 468 g/mol. The van der Waals surface area contributed by atoms with Crippen molar-refractivity contribution in [1.82, 2.24) is 5.32 Å². The highest BCUT2D eigenvalue weighted by Crippen LogP contribution is 2.42. The molecule has 7 heteroatoms. The number of carbonyl (C=O) groups is 1. The maximum absolute atomic E-state index is 13.8. The van der Waals surface area contributed by atoms with Crippen LogP contribution in [0.2, 0.25) is 0 Å². The van der Waals surface area contributed by atoms with E-state index in [1.54, 1.807) is 13.2 Å². The van der Waals surface area contributed by atoms with Crippen molar-refractivity contribution in [1.29, 1.82) is 0 Å². The lowest BCUT2D eigenvalue weighted by molar-refractivity contribution is -0.129. The van der Waals surface area contributed by atoms with E-state index in [0.29, 0.717) is 37.6 Å².